The largest absolute Gasteiger partial charge is 0.283 e. The predicted octanol–water partition coefficient (Wildman–Crippen LogP) is 4.45. The number of para-hydroxylation sites is 1. The number of aromatic nitrogens is 4. The Labute approximate surface area is 161 Å². The quantitative estimate of drug-likeness (QED) is 0.419. The Kier molecular flexibility index (Phi) is 6.41. The van der Waals surface area contributed by atoms with E-state index in [1.54, 1.807) is 23.1 Å². The van der Waals surface area contributed by atoms with Crippen LogP contribution in [0.2, 0.25) is 0 Å². The van der Waals surface area contributed by atoms with Crippen molar-refractivity contribution in [2.75, 3.05) is 12.8 Å². The Bertz CT molecular complexity index is 853. The Morgan fingerprint density at radius 2 is 2.08 bits per heavy atom. The van der Waals surface area contributed by atoms with Crippen molar-refractivity contribution in [2.24, 2.45) is 0 Å². The van der Waals surface area contributed by atoms with Crippen molar-refractivity contribution in [1.82, 2.24) is 24.5 Å². The van der Waals surface area contributed by atoms with Crippen LogP contribution in [-0.4, -0.2) is 37.3 Å². The first-order valence-electron chi connectivity index (χ1n) is 8.14. The molecule has 0 N–H and O–H groups in total. The third-order valence-corrected chi connectivity index (χ3v) is 6.15. The second-order valence-corrected chi connectivity index (χ2v) is 8.73. The van der Waals surface area contributed by atoms with E-state index in [0.29, 0.717) is 6.67 Å². The van der Waals surface area contributed by atoms with Crippen LogP contribution >= 0.6 is 35.3 Å². The zero-order chi connectivity index (χ0) is 17.6. The molecule has 0 bridgehead atoms. The van der Waals surface area contributed by atoms with E-state index in [0.717, 1.165) is 38.3 Å². The normalized spacial score (nSPS) is 11.3. The van der Waals surface area contributed by atoms with Crippen LogP contribution in [0.15, 0.2) is 47.1 Å². The van der Waals surface area contributed by atoms with Gasteiger partial charge in [-0.25, -0.2) is 9.36 Å². The third kappa shape index (κ3) is 5.01. The Morgan fingerprint density at radius 3 is 2.84 bits per heavy atom. The molecule has 5 nitrogen and oxygen atoms in total. The van der Waals surface area contributed by atoms with Gasteiger partial charge in [-0.3, -0.25) is 4.90 Å². The minimum absolute atomic E-state index is 0.679. The molecule has 0 aliphatic rings. The van der Waals surface area contributed by atoms with Crippen molar-refractivity contribution in [3.05, 3.63) is 52.2 Å². The summed E-state index contributed by atoms with van der Waals surface area (Å²) in [6.07, 6.45) is 5.11. The van der Waals surface area contributed by atoms with Gasteiger partial charge in [-0.05, 0) is 37.8 Å². The van der Waals surface area contributed by atoms with Gasteiger partial charge in [-0.1, -0.05) is 48.2 Å². The van der Waals surface area contributed by atoms with E-state index >= 15 is 0 Å². The summed E-state index contributed by atoms with van der Waals surface area (Å²) in [5, 5.41) is 9.06. The monoisotopic (exact) mass is 391 g/mol. The predicted molar refractivity (Wildman–Crippen MR) is 107 cm³/mol. The summed E-state index contributed by atoms with van der Waals surface area (Å²) in [5.74, 6) is 1.08. The Balaban J connectivity index is 1.61. The van der Waals surface area contributed by atoms with Gasteiger partial charge in [0.25, 0.3) is 0 Å². The molecule has 8 heteroatoms. The fourth-order valence-electron chi connectivity index (χ4n) is 2.38. The lowest BCUT2D eigenvalue weighted by Gasteiger charge is -2.15. The maximum Gasteiger partial charge on any atom is 0.181 e. The number of nitrogens with zero attached hydrogens (tertiary/aromatic N) is 5. The summed E-state index contributed by atoms with van der Waals surface area (Å²) in [6, 6.07) is 10.1. The summed E-state index contributed by atoms with van der Waals surface area (Å²) in [4.78, 5) is 2.19. The van der Waals surface area contributed by atoms with E-state index in [2.05, 4.69) is 35.3 Å². The molecule has 0 aliphatic carbocycles. The number of hydrogen-bond acceptors (Lipinski definition) is 6. The van der Waals surface area contributed by atoms with Crippen molar-refractivity contribution in [2.45, 2.75) is 30.9 Å². The van der Waals surface area contributed by atoms with E-state index in [9.17, 15) is 0 Å². The molecular weight excluding hydrogens is 370 g/mol. The summed E-state index contributed by atoms with van der Waals surface area (Å²) in [5.41, 5.74) is 2.23. The highest BCUT2D eigenvalue weighted by Crippen LogP contribution is 2.22. The molecule has 3 rings (SSSR count). The minimum Gasteiger partial charge on any atom is -0.283 e. The van der Waals surface area contributed by atoms with Crippen molar-refractivity contribution >= 4 is 35.3 Å². The average molecular weight is 392 g/mol. The van der Waals surface area contributed by atoms with Crippen molar-refractivity contribution in [1.29, 1.82) is 0 Å². The highest BCUT2D eigenvalue weighted by atomic mass is 32.2. The van der Waals surface area contributed by atoms with Gasteiger partial charge in [0.2, 0.25) is 0 Å². The highest BCUT2D eigenvalue weighted by Gasteiger charge is 2.09. The third-order valence-electron chi connectivity index (χ3n) is 3.50. The Hall–Kier alpha value is -1.48. The first kappa shape index (κ1) is 18.3. The Morgan fingerprint density at radius 1 is 1.28 bits per heavy atom. The van der Waals surface area contributed by atoms with Gasteiger partial charge in [-0.15, -0.1) is 0 Å². The van der Waals surface area contributed by atoms with Crippen LogP contribution in [-0.2, 0) is 13.2 Å². The second-order valence-electron chi connectivity index (χ2n) is 5.77. The maximum absolute atomic E-state index is 5.44. The van der Waals surface area contributed by atoms with Gasteiger partial charge < -0.3 is 0 Å². The summed E-state index contributed by atoms with van der Waals surface area (Å²) >= 11 is 8.80. The fraction of sp³-hybridized carbons (Fsp3) is 0.353. The van der Waals surface area contributed by atoms with Gasteiger partial charge in [0, 0.05) is 24.1 Å². The van der Waals surface area contributed by atoms with E-state index in [-0.39, 0.29) is 0 Å². The van der Waals surface area contributed by atoms with Crippen LogP contribution in [0.4, 0.5) is 0 Å². The molecule has 0 fully saturated rings. The molecule has 0 unspecified atom stereocenters. The molecular formula is C17H21N5S3. The van der Waals surface area contributed by atoms with Gasteiger partial charge in [0.1, 0.15) is 0 Å². The molecule has 2 aromatic heterocycles. The van der Waals surface area contributed by atoms with Crippen molar-refractivity contribution < 1.29 is 0 Å². The molecule has 0 amide bonds. The first-order chi connectivity index (χ1) is 12.2. The molecule has 0 radical (unpaired) electrons. The number of hydrogen-bond donors (Lipinski definition) is 0. The fourth-order valence-corrected chi connectivity index (χ4v) is 4.62. The molecule has 132 valence electrons. The number of benzene rings is 1. The summed E-state index contributed by atoms with van der Waals surface area (Å²) in [6.45, 7) is 3.65. The first-order valence-corrected chi connectivity index (χ1v) is 10.3. The lowest BCUT2D eigenvalue weighted by atomic mass is 10.3. The molecule has 0 aliphatic heterocycles. The van der Waals surface area contributed by atoms with Crippen LogP contribution in [0.25, 0.3) is 5.69 Å². The van der Waals surface area contributed by atoms with E-state index in [1.165, 1.54) is 0 Å². The maximum atomic E-state index is 5.44. The summed E-state index contributed by atoms with van der Waals surface area (Å²) in [7, 11) is 2.07. The molecule has 0 spiro atoms. The van der Waals surface area contributed by atoms with Crippen LogP contribution in [0.3, 0.4) is 0 Å². The second kappa shape index (κ2) is 8.75. The van der Waals surface area contributed by atoms with E-state index < -0.39 is 0 Å². The zero-order valence-corrected chi connectivity index (χ0v) is 16.8. The van der Waals surface area contributed by atoms with Gasteiger partial charge in [0.05, 0.1) is 18.6 Å². The topological polar surface area (TPSA) is 38.9 Å². The van der Waals surface area contributed by atoms with E-state index in [1.807, 2.05) is 45.9 Å². The highest BCUT2D eigenvalue weighted by molar-refractivity contribution is 8.01. The standard InChI is InChI=1S/C17H21N5S3/c1-3-9-24-16-19-22(17(23)25-16)13-20(2)11-14-10-18-21(12-14)15-7-5-4-6-8-15/h4-8,10,12H,3,9,11,13H2,1-2H3. The zero-order valence-electron chi connectivity index (χ0n) is 14.3. The van der Waals surface area contributed by atoms with Crippen LogP contribution in [0.5, 0.6) is 0 Å². The molecule has 0 saturated carbocycles. The van der Waals surface area contributed by atoms with E-state index in [4.69, 9.17) is 12.2 Å². The van der Waals surface area contributed by atoms with Crippen LogP contribution in [0, 0.1) is 3.95 Å². The average Bonchev–Trinajstić information content (AvgIpc) is 3.21. The van der Waals surface area contributed by atoms with Crippen molar-refractivity contribution in [3.8, 4) is 5.69 Å². The minimum atomic E-state index is 0.679. The molecule has 25 heavy (non-hydrogen) atoms. The van der Waals surface area contributed by atoms with Gasteiger partial charge >= 0.3 is 0 Å². The van der Waals surface area contributed by atoms with Crippen LogP contribution in [0.1, 0.15) is 18.9 Å². The lowest BCUT2D eigenvalue weighted by molar-refractivity contribution is 0.243. The molecule has 0 atom stereocenters. The molecule has 3 aromatic rings. The molecule has 0 saturated heterocycles. The number of rotatable bonds is 8. The van der Waals surface area contributed by atoms with Crippen molar-refractivity contribution in [3.63, 3.8) is 0 Å². The molecule has 2 heterocycles. The van der Waals surface area contributed by atoms with Gasteiger partial charge in [-0.2, -0.15) is 10.2 Å². The molecule has 1 aromatic carbocycles. The smallest absolute Gasteiger partial charge is 0.181 e. The lowest BCUT2D eigenvalue weighted by Crippen LogP contribution is -2.22. The number of thioether (sulfide) groups is 1. The summed E-state index contributed by atoms with van der Waals surface area (Å²) < 4.78 is 5.68. The van der Waals surface area contributed by atoms with Crippen LogP contribution < -0.4 is 0 Å². The SMILES string of the molecule is CCCSc1nn(CN(C)Cc2cnn(-c3ccccc3)c2)c(=S)s1. The van der Waals surface area contributed by atoms with Gasteiger partial charge in [0.15, 0.2) is 8.29 Å².